The minimum absolute atomic E-state index is 0.133. The average molecular weight is 532 g/mol. The molecule has 0 saturated carbocycles. The van der Waals surface area contributed by atoms with Crippen LogP contribution < -0.4 is 16.0 Å². The molecule has 0 aliphatic carbocycles. The third-order valence-electron chi connectivity index (χ3n) is 6.46. The smallest absolute Gasteiger partial charge is 0.333 e. The molecule has 3 aromatic heterocycles. The van der Waals surface area contributed by atoms with Crippen LogP contribution in [0.25, 0.3) is 21.0 Å². The summed E-state index contributed by atoms with van der Waals surface area (Å²) in [5.41, 5.74) is -1.62. The van der Waals surface area contributed by atoms with E-state index in [9.17, 15) is 19.5 Å². The van der Waals surface area contributed by atoms with Crippen LogP contribution in [0.1, 0.15) is 31.1 Å². The van der Waals surface area contributed by atoms with Gasteiger partial charge in [-0.25, -0.2) is 14.6 Å². The van der Waals surface area contributed by atoms with Crippen LogP contribution >= 0.6 is 11.3 Å². The van der Waals surface area contributed by atoms with E-state index in [0.717, 1.165) is 21.5 Å². The minimum Gasteiger partial charge on any atom is -0.484 e. The van der Waals surface area contributed by atoms with Crippen molar-refractivity contribution in [3.63, 3.8) is 0 Å². The molecule has 5 rings (SSSR count). The highest BCUT2D eigenvalue weighted by molar-refractivity contribution is 7.22. The SMILES string of the molecule is Cc1c(-c2ncco2)sc2c1c(=O)n(C[C@@H](Oc1ccccc1)c1ccccc1)c(=O)n2C(C)(C)C(=O)O. The summed E-state index contributed by atoms with van der Waals surface area (Å²) in [5, 5.41) is 10.3. The van der Waals surface area contributed by atoms with Gasteiger partial charge < -0.3 is 14.3 Å². The molecule has 2 aromatic carbocycles. The number of hydrogen-bond donors (Lipinski definition) is 1. The van der Waals surface area contributed by atoms with Crippen molar-refractivity contribution >= 4 is 27.5 Å². The van der Waals surface area contributed by atoms with Crippen LogP contribution in [0.5, 0.6) is 5.75 Å². The van der Waals surface area contributed by atoms with Crippen molar-refractivity contribution in [1.82, 2.24) is 14.1 Å². The van der Waals surface area contributed by atoms with Crippen LogP contribution in [0, 0.1) is 6.92 Å². The number of nitrogens with zero attached hydrogens (tertiary/aromatic N) is 3. The van der Waals surface area contributed by atoms with Gasteiger partial charge in [-0.2, -0.15) is 0 Å². The fourth-order valence-electron chi connectivity index (χ4n) is 4.33. The van der Waals surface area contributed by atoms with E-state index in [0.29, 0.717) is 16.2 Å². The van der Waals surface area contributed by atoms with Gasteiger partial charge in [0.2, 0.25) is 5.89 Å². The van der Waals surface area contributed by atoms with Gasteiger partial charge in [0.15, 0.2) is 0 Å². The normalized spacial score (nSPS) is 12.5. The van der Waals surface area contributed by atoms with Crippen molar-refractivity contribution in [2.24, 2.45) is 0 Å². The summed E-state index contributed by atoms with van der Waals surface area (Å²) in [4.78, 5) is 45.2. The number of ether oxygens (including phenoxy) is 1. The monoisotopic (exact) mass is 531 g/mol. The van der Waals surface area contributed by atoms with Gasteiger partial charge >= 0.3 is 11.7 Å². The van der Waals surface area contributed by atoms with Crippen LogP contribution in [-0.4, -0.2) is 25.2 Å². The quantitative estimate of drug-likeness (QED) is 0.305. The van der Waals surface area contributed by atoms with Gasteiger partial charge in [-0.3, -0.25) is 13.9 Å². The van der Waals surface area contributed by atoms with Crippen LogP contribution in [-0.2, 0) is 16.9 Å². The molecule has 10 heteroatoms. The molecule has 0 bridgehead atoms. The fourth-order valence-corrected chi connectivity index (χ4v) is 5.71. The number of benzene rings is 2. The predicted molar refractivity (Wildman–Crippen MR) is 144 cm³/mol. The lowest BCUT2D eigenvalue weighted by molar-refractivity contribution is -0.145. The number of carbonyl (C=O) groups is 1. The second kappa shape index (κ2) is 9.79. The maximum Gasteiger partial charge on any atom is 0.333 e. The number of carboxylic acids is 1. The first-order chi connectivity index (χ1) is 18.2. The first kappa shape index (κ1) is 25.2. The number of oxazole rings is 1. The lowest BCUT2D eigenvalue weighted by atomic mass is 10.1. The van der Waals surface area contributed by atoms with E-state index >= 15 is 0 Å². The zero-order chi connectivity index (χ0) is 27.0. The number of hydrogen-bond acceptors (Lipinski definition) is 7. The maximum absolute atomic E-state index is 14.0. The van der Waals surface area contributed by atoms with Crippen molar-refractivity contribution in [1.29, 1.82) is 0 Å². The van der Waals surface area contributed by atoms with E-state index in [1.54, 1.807) is 19.1 Å². The highest BCUT2D eigenvalue weighted by Gasteiger charge is 2.36. The van der Waals surface area contributed by atoms with E-state index in [4.69, 9.17) is 9.15 Å². The van der Waals surface area contributed by atoms with Crippen LogP contribution in [0.15, 0.2) is 87.1 Å². The molecule has 5 aromatic rings. The molecule has 0 amide bonds. The highest BCUT2D eigenvalue weighted by Crippen LogP contribution is 2.37. The molecule has 38 heavy (non-hydrogen) atoms. The number of aryl methyl sites for hydroxylation is 1. The Hall–Kier alpha value is -4.44. The zero-order valence-electron chi connectivity index (χ0n) is 21.0. The number of para-hydroxylation sites is 1. The molecule has 194 valence electrons. The number of aromatic nitrogens is 3. The van der Waals surface area contributed by atoms with E-state index in [1.165, 1.54) is 30.9 Å². The molecule has 0 spiro atoms. The third kappa shape index (κ3) is 4.32. The molecule has 0 aliphatic rings. The first-order valence-corrected chi connectivity index (χ1v) is 12.7. The molecule has 0 unspecified atom stereocenters. The molecule has 9 nitrogen and oxygen atoms in total. The number of thiophene rings is 1. The summed E-state index contributed by atoms with van der Waals surface area (Å²) in [5.74, 6) is -0.356. The standard InChI is InChI=1S/C28H25N3O6S/c1-17-21-24(32)30(16-20(18-10-6-4-7-11-18)37-19-12-8-5-9-13-19)27(35)31(28(2,3)26(33)34)25(21)38-22(17)23-29-14-15-36-23/h4-15,20H,16H2,1-3H3,(H,33,34)/t20-/m1/s1. The Labute approximate surface area is 221 Å². The first-order valence-electron chi connectivity index (χ1n) is 11.9. The lowest BCUT2D eigenvalue weighted by Gasteiger charge is -2.26. The predicted octanol–water partition coefficient (Wildman–Crippen LogP) is 4.83. The topological polar surface area (TPSA) is 117 Å². The van der Waals surface area contributed by atoms with Gasteiger partial charge in [-0.05, 0) is 44.0 Å². The summed E-state index contributed by atoms with van der Waals surface area (Å²) in [6, 6.07) is 18.4. The van der Waals surface area contributed by atoms with E-state index < -0.39 is 28.9 Å². The second-order valence-electron chi connectivity index (χ2n) is 9.30. The minimum atomic E-state index is -1.65. The van der Waals surface area contributed by atoms with Crippen LogP contribution in [0.3, 0.4) is 0 Å². The van der Waals surface area contributed by atoms with Gasteiger partial charge in [0.25, 0.3) is 5.56 Å². The summed E-state index contributed by atoms with van der Waals surface area (Å²) in [7, 11) is 0. The Morgan fingerprint density at radius 3 is 2.37 bits per heavy atom. The average Bonchev–Trinajstić information content (AvgIpc) is 3.55. The molecule has 1 atom stereocenters. The molecule has 0 aliphatic heterocycles. The third-order valence-corrected chi connectivity index (χ3v) is 7.73. The van der Waals surface area contributed by atoms with Gasteiger partial charge in [-0.15, -0.1) is 11.3 Å². The van der Waals surface area contributed by atoms with Crippen molar-refractivity contribution in [2.45, 2.75) is 39.0 Å². The van der Waals surface area contributed by atoms with Gasteiger partial charge in [-0.1, -0.05) is 48.5 Å². The van der Waals surface area contributed by atoms with Crippen molar-refractivity contribution < 1.29 is 19.1 Å². The van der Waals surface area contributed by atoms with Gasteiger partial charge in [0.05, 0.1) is 23.0 Å². The molecular formula is C28H25N3O6S. The molecule has 3 heterocycles. The number of fused-ring (bicyclic) bond motifs is 1. The largest absolute Gasteiger partial charge is 0.484 e. The second-order valence-corrected chi connectivity index (χ2v) is 10.3. The molecule has 0 saturated heterocycles. The Morgan fingerprint density at radius 2 is 1.76 bits per heavy atom. The van der Waals surface area contributed by atoms with E-state index in [1.807, 2.05) is 48.5 Å². The molecule has 0 fully saturated rings. The molecule has 1 N–H and O–H groups in total. The summed E-state index contributed by atoms with van der Waals surface area (Å²) < 4.78 is 13.9. The Kier molecular flexibility index (Phi) is 6.50. The van der Waals surface area contributed by atoms with Gasteiger partial charge in [0, 0.05) is 0 Å². The van der Waals surface area contributed by atoms with Crippen molar-refractivity contribution in [3.05, 3.63) is 105 Å². The number of rotatable bonds is 8. The van der Waals surface area contributed by atoms with Gasteiger partial charge in [0.1, 0.15) is 28.5 Å². The summed E-state index contributed by atoms with van der Waals surface area (Å²) in [6.07, 6.45) is 2.20. The number of aliphatic carboxylic acids is 1. The molecular weight excluding hydrogens is 506 g/mol. The Morgan fingerprint density at radius 1 is 1.11 bits per heavy atom. The van der Waals surface area contributed by atoms with E-state index in [-0.39, 0.29) is 22.7 Å². The maximum atomic E-state index is 14.0. The van der Waals surface area contributed by atoms with Crippen LogP contribution in [0.2, 0.25) is 0 Å². The van der Waals surface area contributed by atoms with Crippen LogP contribution in [0.4, 0.5) is 0 Å². The Balaban J connectivity index is 1.76. The fraction of sp³-hybridized carbons (Fsp3) is 0.214. The van der Waals surface area contributed by atoms with Crippen molar-refractivity contribution in [2.75, 3.05) is 0 Å². The Bertz CT molecular complexity index is 1720. The number of carboxylic acid groups (broad SMARTS) is 1. The lowest BCUT2D eigenvalue weighted by Crippen LogP contribution is -2.50. The summed E-state index contributed by atoms with van der Waals surface area (Å²) >= 11 is 1.11. The van der Waals surface area contributed by atoms with E-state index in [2.05, 4.69) is 4.98 Å². The summed E-state index contributed by atoms with van der Waals surface area (Å²) in [6.45, 7) is 4.47. The highest BCUT2D eigenvalue weighted by atomic mass is 32.1. The zero-order valence-corrected chi connectivity index (χ0v) is 21.8. The van der Waals surface area contributed by atoms with Crippen molar-refractivity contribution in [3.8, 4) is 16.5 Å². The molecule has 0 radical (unpaired) electrons.